The molecule has 1 fully saturated rings. The first kappa shape index (κ1) is 23.9. The van der Waals surface area contributed by atoms with E-state index in [-0.39, 0.29) is 17.0 Å². The molecule has 36 heavy (non-hydrogen) atoms. The van der Waals surface area contributed by atoms with E-state index in [0.29, 0.717) is 22.4 Å². The van der Waals surface area contributed by atoms with E-state index in [1.165, 1.54) is 12.5 Å². The number of pyridine rings is 1. The molecule has 1 aliphatic heterocycles. The number of benzene rings is 3. The van der Waals surface area contributed by atoms with Crippen LogP contribution in [0, 0.1) is 6.92 Å². The molecule has 2 heterocycles. The SMILES string of the molecule is Cc1nc2ccc(N3CCC(c4ccc(O)cc4)CC3)cc2c(-c2ccccc2)c1C(=O)C(F)(F)F. The number of halogens is 3. The summed E-state index contributed by atoms with van der Waals surface area (Å²) in [5.41, 5.74) is 3.10. The van der Waals surface area contributed by atoms with Crippen LogP contribution in [0.3, 0.4) is 0 Å². The highest BCUT2D eigenvalue weighted by Crippen LogP contribution is 2.39. The maximum absolute atomic E-state index is 13.6. The maximum atomic E-state index is 13.6. The van der Waals surface area contributed by atoms with Gasteiger partial charge in [0.25, 0.3) is 5.78 Å². The van der Waals surface area contributed by atoms with Crippen molar-refractivity contribution in [1.82, 2.24) is 4.98 Å². The lowest BCUT2D eigenvalue weighted by molar-refractivity contribution is -0.0885. The Morgan fingerprint density at radius 2 is 1.64 bits per heavy atom. The van der Waals surface area contributed by atoms with Gasteiger partial charge in [-0.05, 0) is 67.1 Å². The number of hydrogen-bond acceptors (Lipinski definition) is 4. The second kappa shape index (κ2) is 9.30. The average Bonchev–Trinajstić information content (AvgIpc) is 2.88. The number of ketones is 1. The van der Waals surface area contributed by atoms with Gasteiger partial charge in [-0.25, -0.2) is 0 Å². The molecular formula is C29H25F3N2O2. The standard InChI is InChI=1S/C29H25F3N2O2/c1-18-26(28(36)29(30,31)32)27(21-5-3-2-4-6-21)24-17-22(9-12-25(24)33-18)34-15-13-20(14-16-34)19-7-10-23(35)11-8-19/h2-12,17,20,35H,13-16H2,1H3. The van der Waals surface area contributed by atoms with Gasteiger partial charge in [0.15, 0.2) is 0 Å². The number of nitrogens with zero attached hydrogens (tertiary/aromatic N) is 2. The van der Waals surface area contributed by atoms with Crippen molar-refractivity contribution in [3.8, 4) is 16.9 Å². The molecule has 5 rings (SSSR count). The van der Waals surface area contributed by atoms with Gasteiger partial charge in [-0.2, -0.15) is 13.2 Å². The number of carbonyl (C=O) groups is 1. The van der Waals surface area contributed by atoms with E-state index in [0.717, 1.165) is 31.6 Å². The quantitative estimate of drug-likeness (QED) is 0.312. The van der Waals surface area contributed by atoms with E-state index < -0.39 is 17.5 Å². The highest BCUT2D eigenvalue weighted by atomic mass is 19.4. The topological polar surface area (TPSA) is 53.4 Å². The Hall–Kier alpha value is -3.87. The third-order valence-corrected chi connectivity index (χ3v) is 6.92. The van der Waals surface area contributed by atoms with Crippen molar-refractivity contribution in [2.24, 2.45) is 0 Å². The number of Topliss-reactive ketones (excluding diaryl/α,β-unsaturated/α-hetero) is 1. The zero-order valence-corrected chi connectivity index (χ0v) is 19.7. The molecule has 0 unspecified atom stereocenters. The number of phenolic OH excluding ortho intramolecular Hbond substituents is 1. The second-order valence-electron chi connectivity index (χ2n) is 9.19. The van der Waals surface area contributed by atoms with Gasteiger partial charge in [0, 0.05) is 35.4 Å². The van der Waals surface area contributed by atoms with Crippen molar-refractivity contribution in [2.75, 3.05) is 18.0 Å². The van der Waals surface area contributed by atoms with E-state index in [1.54, 1.807) is 42.5 Å². The number of fused-ring (bicyclic) bond motifs is 1. The molecule has 0 radical (unpaired) electrons. The van der Waals surface area contributed by atoms with Crippen LogP contribution in [-0.4, -0.2) is 35.1 Å². The highest BCUT2D eigenvalue weighted by molar-refractivity contribution is 6.13. The van der Waals surface area contributed by atoms with Gasteiger partial charge in [-0.3, -0.25) is 9.78 Å². The third-order valence-electron chi connectivity index (χ3n) is 6.92. The summed E-state index contributed by atoms with van der Waals surface area (Å²) in [5, 5.41) is 10.1. The molecule has 0 saturated carbocycles. The van der Waals surface area contributed by atoms with Gasteiger partial charge in [-0.15, -0.1) is 0 Å². The van der Waals surface area contributed by atoms with E-state index in [2.05, 4.69) is 9.88 Å². The van der Waals surface area contributed by atoms with E-state index >= 15 is 0 Å². The summed E-state index contributed by atoms with van der Waals surface area (Å²) in [7, 11) is 0. The molecule has 4 nitrogen and oxygen atoms in total. The molecule has 1 N–H and O–H groups in total. The van der Waals surface area contributed by atoms with Crippen molar-refractivity contribution in [1.29, 1.82) is 0 Å². The minimum atomic E-state index is -5.00. The van der Waals surface area contributed by atoms with Crippen LogP contribution in [0.1, 0.15) is 40.4 Å². The number of piperidine rings is 1. The van der Waals surface area contributed by atoms with E-state index in [1.807, 2.05) is 30.3 Å². The molecule has 0 bridgehead atoms. The zero-order valence-electron chi connectivity index (χ0n) is 19.7. The number of anilines is 1. The van der Waals surface area contributed by atoms with Crippen molar-refractivity contribution in [3.05, 3.63) is 89.6 Å². The molecule has 4 aromatic rings. The smallest absolute Gasteiger partial charge is 0.454 e. The first-order valence-corrected chi connectivity index (χ1v) is 11.9. The second-order valence-corrected chi connectivity index (χ2v) is 9.19. The van der Waals surface area contributed by atoms with Gasteiger partial charge < -0.3 is 10.0 Å². The first-order chi connectivity index (χ1) is 17.2. The van der Waals surface area contributed by atoms with Gasteiger partial charge in [0.1, 0.15) is 5.75 Å². The average molecular weight is 491 g/mol. The van der Waals surface area contributed by atoms with Crippen LogP contribution in [0.5, 0.6) is 5.75 Å². The molecule has 0 aliphatic carbocycles. The maximum Gasteiger partial charge on any atom is 0.454 e. The number of hydrogen-bond donors (Lipinski definition) is 1. The Labute approximate surface area is 207 Å². The fourth-order valence-electron chi connectivity index (χ4n) is 5.11. The molecule has 7 heteroatoms. The summed E-state index contributed by atoms with van der Waals surface area (Å²) in [5.74, 6) is -1.26. The van der Waals surface area contributed by atoms with Crippen LogP contribution in [-0.2, 0) is 0 Å². The molecule has 0 atom stereocenters. The molecule has 1 saturated heterocycles. The predicted octanol–water partition coefficient (Wildman–Crippen LogP) is 7.04. The monoisotopic (exact) mass is 490 g/mol. The van der Waals surface area contributed by atoms with Crippen LogP contribution < -0.4 is 4.90 Å². The lowest BCUT2D eigenvalue weighted by atomic mass is 9.89. The van der Waals surface area contributed by atoms with Crippen LogP contribution in [0.15, 0.2) is 72.8 Å². The summed E-state index contributed by atoms with van der Waals surface area (Å²) < 4.78 is 40.7. The van der Waals surface area contributed by atoms with Crippen molar-refractivity contribution < 1.29 is 23.1 Å². The van der Waals surface area contributed by atoms with Gasteiger partial charge in [0.05, 0.1) is 11.1 Å². The summed E-state index contributed by atoms with van der Waals surface area (Å²) in [6, 6.07) is 21.6. The number of carbonyl (C=O) groups excluding carboxylic acids is 1. The van der Waals surface area contributed by atoms with Gasteiger partial charge in [0.2, 0.25) is 0 Å². The number of aromatic nitrogens is 1. The third kappa shape index (κ3) is 4.53. The minimum absolute atomic E-state index is 0.0612. The Morgan fingerprint density at radius 3 is 2.28 bits per heavy atom. The largest absolute Gasteiger partial charge is 0.508 e. The molecule has 184 valence electrons. The van der Waals surface area contributed by atoms with Crippen LogP contribution >= 0.6 is 0 Å². The molecule has 0 spiro atoms. The highest BCUT2D eigenvalue weighted by Gasteiger charge is 2.42. The summed E-state index contributed by atoms with van der Waals surface area (Å²) in [4.78, 5) is 19.1. The number of phenols is 1. The normalized spacial score (nSPS) is 14.8. The lowest BCUT2D eigenvalue weighted by Crippen LogP contribution is -2.32. The van der Waals surface area contributed by atoms with Crippen molar-refractivity contribution >= 4 is 22.4 Å². The van der Waals surface area contributed by atoms with Crippen LogP contribution in [0.4, 0.5) is 18.9 Å². The van der Waals surface area contributed by atoms with Gasteiger partial charge >= 0.3 is 6.18 Å². The summed E-state index contributed by atoms with van der Waals surface area (Å²) >= 11 is 0. The van der Waals surface area contributed by atoms with Gasteiger partial charge in [-0.1, -0.05) is 42.5 Å². The zero-order chi connectivity index (χ0) is 25.4. The van der Waals surface area contributed by atoms with Crippen LogP contribution in [0.25, 0.3) is 22.0 Å². The number of aryl methyl sites for hydroxylation is 1. The number of aromatic hydroxyl groups is 1. The summed E-state index contributed by atoms with van der Waals surface area (Å²) in [6.07, 6.45) is -3.17. The first-order valence-electron chi connectivity index (χ1n) is 11.9. The minimum Gasteiger partial charge on any atom is -0.508 e. The molecule has 1 aromatic heterocycles. The van der Waals surface area contributed by atoms with Crippen molar-refractivity contribution in [2.45, 2.75) is 31.9 Å². The number of rotatable bonds is 4. The summed E-state index contributed by atoms with van der Waals surface area (Å²) in [6.45, 7) is 3.02. The van der Waals surface area contributed by atoms with E-state index in [9.17, 15) is 23.1 Å². The molecular weight excluding hydrogens is 465 g/mol. The predicted molar refractivity (Wildman–Crippen MR) is 135 cm³/mol. The fraction of sp³-hybridized carbons (Fsp3) is 0.241. The molecule has 1 aliphatic rings. The molecule has 0 amide bonds. The number of alkyl halides is 3. The Bertz CT molecular complexity index is 1410. The van der Waals surface area contributed by atoms with Crippen LogP contribution in [0.2, 0.25) is 0 Å². The fourth-order valence-corrected chi connectivity index (χ4v) is 5.11. The lowest BCUT2D eigenvalue weighted by Gasteiger charge is -2.34. The van der Waals surface area contributed by atoms with E-state index in [4.69, 9.17) is 0 Å². The Morgan fingerprint density at radius 1 is 0.972 bits per heavy atom. The molecule has 3 aromatic carbocycles. The Kier molecular flexibility index (Phi) is 6.16. The van der Waals surface area contributed by atoms with Crippen molar-refractivity contribution in [3.63, 3.8) is 0 Å². The Balaban J connectivity index is 1.55.